The van der Waals surface area contributed by atoms with Gasteiger partial charge in [0.1, 0.15) is 23.5 Å². The lowest BCUT2D eigenvalue weighted by molar-refractivity contribution is -0.137. The molecule has 5 rings (SSSR count). The quantitative estimate of drug-likeness (QED) is 0.342. The maximum Gasteiger partial charge on any atom is 0.416 e. The number of amides is 1. The number of hydrogen-bond donors (Lipinski definition) is 1. The van der Waals surface area contributed by atoms with E-state index in [1.165, 1.54) is 12.1 Å². The summed E-state index contributed by atoms with van der Waals surface area (Å²) in [7, 11) is 1.65. The first-order valence-corrected chi connectivity index (χ1v) is 12.5. The molecule has 2 aromatic rings. The molecule has 0 fully saturated rings. The van der Waals surface area contributed by atoms with Gasteiger partial charge in [-0.1, -0.05) is 11.6 Å². The van der Waals surface area contributed by atoms with E-state index in [0.29, 0.717) is 42.1 Å². The van der Waals surface area contributed by atoms with Crippen LogP contribution in [0.2, 0.25) is 5.02 Å². The fourth-order valence-corrected chi connectivity index (χ4v) is 5.14. The lowest BCUT2D eigenvalue weighted by Gasteiger charge is -2.18. The summed E-state index contributed by atoms with van der Waals surface area (Å²) in [6, 6.07) is 7.71. The number of hydrogen-bond acceptors (Lipinski definition) is 4. The van der Waals surface area contributed by atoms with Crippen molar-refractivity contribution in [3.63, 3.8) is 0 Å². The standard InChI is InChI=1S/C28H19ClF5N5O2/c1-13-5-6-36-27-38(2)24-19(12-35)23(25(40)18-10-16(30)3-4-20(18)29)21(11-22(24)39(13)27)37-26(41)14-7-15(28(32,33)34)9-17(31)8-14/h3-4,7-11,13,40H,5-6H2,1-2H3/b25-23-,37-21?/t13-/m1/s1. The van der Waals surface area contributed by atoms with Crippen LogP contribution in [-0.2, 0) is 13.2 Å². The first kappa shape index (κ1) is 28.0. The van der Waals surface area contributed by atoms with Gasteiger partial charge in [0.05, 0.1) is 38.1 Å². The number of carbonyl (C=O) groups is 1. The average Bonchev–Trinajstić information content (AvgIpc) is 3.20. The van der Waals surface area contributed by atoms with Gasteiger partial charge < -0.3 is 14.2 Å². The largest absolute Gasteiger partial charge is 0.507 e. The van der Waals surface area contributed by atoms with Crippen LogP contribution >= 0.6 is 11.6 Å². The number of alkyl halides is 3. The minimum atomic E-state index is -4.94. The summed E-state index contributed by atoms with van der Waals surface area (Å²) in [6.07, 6.45) is -4.28. The number of aromatic nitrogens is 2. The van der Waals surface area contributed by atoms with E-state index >= 15 is 0 Å². The van der Waals surface area contributed by atoms with Crippen molar-refractivity contribution in [3.05, 3.63) is 97.6 Å². The van der Waals surface area contributed by atoms with Crippen molar-refractivity contribution in [2.24, 2.45) is 17.0 Å². The highest BCUT2D eigenvalue weighted by Crippen LogP contribution is 2.31. The topological polar surface area (TPSA) is 95.7 Å². The molecule has 7 nitrogen and oxygen atoms in total. The van der Waals surface area contributed by atoms with Crippen molar-refractivity contribution in [2.75, 3.05) is 6.54 Å². The SMILES string of the molecule is C[C@@H]1CCN=c2n(C)c3c(C#N)/c(=C(/O)c4cc(F)ccc4Cl)c(=NC(=O)c4cc(F)cc(C(F)(F)F)c4)cc-3n21. The molecule has 3 aliphatic rings. The highest BCUT2D eigenvalue weighted by molar-refractivity contribution is 6.32. The molecule has 2 heterocycles. The minimum absolute atomic E-state index is 0.0886. The number of carbonyl (C=O) groups excluding carboxylic acids is 1. The Balaban J connectivity index is 1.94. The van der Waals surface area contributed by atoms with Crippen LogP contribution < -0.4 is 16.2 Å². The van der Waals surface area contributed by atoms with Gasteiger partial charge in [-0.25, -0.2) is 13.8 Å². The number of rotatable bonds is 2. The van der Waals surface area contributed by atoms with E-state index in [4.69, 9.17) is 11.6 Å². The summed E-state index contributed by atoms with van der Waals surface area (Å²) in [5, 5.41) is 20.9. The normalized spacial score (nSPS) is 16.3. The van der Waals surface area contributed by atoms with Crippen molar-refractivity contribution in [1.82, 2.24) is 9.13 Å². The van der Waals surface area contributed by atoms with Gasteiger partial charge in [-0.3, -0.25) is 9.79 Å². The predicted octanol–water partition coefficient (Wildman–Crippen LogP) is 4.79. The van der Waals surface area contributed by atoms with Crippen molar-refractivity contribution in [1.29, 1.82) is 5.26 Å². The summed E-state index contributed by atoms with van der Waals surface area (Å²) < 4.78 is 71.6. The summed E-state index contributed by atoms with van der Waals surface area (Å²) in [4.78, 5) is 21.6. The van der Waals surface area contributed by atoms with E-state index in [2.05, 4.69) is 9.98 Å². The van der Waals surface area contributed by atoms with Crippen LogP contribution in [0.5, 0.6) is 0 Å². The number of fused-ring (bicyclic) bond motifs is 3. The molecule has 13 heteroatoms. The molecule has 0 saturated heterocycles. The first-order chi connectivity index (χ1) is 19.3. The molecule has 0 aromatic heterocycles. The third kappa shape index (κ3) is 4.86. The molecule has 1 atom stereocenters. The molecular formula is C28H19ClF5N5O2. The molecular weight excluding hydrogens is 569 g/mol. The molecule has 1 aliphatic carbocycles. The maximum absolute atomic E-state index is 14.2. The number of imidazole rings is 1. The van der Waals surface area contributed by atoms with Crippen molar-refractivity contribution in [3.8, 4) is 17.5 Å². The number of nitriles is 1. The van der Waals surface area contributed by atoms with Crippen molar-refractivity contribution >= 4 is 23.3 Å². The third-order valence-corrected chi connectivity index (χ3v) is 7.17. The first-order valence-electron chi connectivity index (χ1n) is 12.2. The van der Waals surface area contributed by atoms with E-state index in [1.807, 2.05) is 17.6 Å². The van der Waals surface area contributed by atoms with Gasteiger partial charge in [-0.15, -0.1) is 0 Å². The molecule has 210 valence electrons. The Hall–Kier alpha value is -4.50. The zero-order valence-corrected chi connectivity index (χ0v) is 22.1. The fourth-order valence-electron chi connectivity index (χ4n) is 4.94. The average molecular weight is 588 g/mol. The monoisotopic (exact) mass is 587 g/mol. The van der Waals surface area contributed by atoms with E-state index in [9.17, 15) is 37.1 Å². The smallest absolute Gasteiger partial charge is 0.416 e. The van der Waals surface area contributed by atoms with Gasteiger partial charge >= 0.3 is 6.18 Å². The van der Waals surface area contributed by atoms with Gasteiger partial charge in [-0.05, 0) is 55.8 Å². The summed E-state index contributed by atoms with van der Waals surface area (Å²) in [5.41, 5.74) is -1.29. The summed E-state index contributed by atoms with van der Waals surface area (Å²) in [6.45, 7) is 2.42. The Morgan fingerprint density at radius 1 is 1.17 bits per heavy atom. The van der Waals surface area contributed by atoms with Crippen LogP contribution in [0.15, 0.2) is 52.4 Å². The zero-order valence-electron chi connectivity index (χ0n) is 21.4. The Morgan fingerprint density at radius 2 is 1.90 bits per heavy atom. The molecule has 0 saturated carbocycles. The highest BCUT2D eigenvalue weighted by Gasteiger charge is 2.32. The molecule has 1 N–H and O–H groups in total. The molecule has 2 aliphatic heterocycles. The summed E-state index contributed by atoms with van der Waals surface area (Å²) >= 11 is 6.22. The Kier molecular flexibility index (Phi) is 6.95. The van der Waals surface area contributed by atoms with Crippen LogP contribution in [0.4, 0.5) is 22.0 Å². The number of benzene rings is 3. The number of aliphatic hydroxyl groups is 1. The van der Waals surface area contributed by atoms with Crippen molar-refractivity contribution in [2.45, 2.75) is 25.6 Å². The van der Waals surface area contributed by atoms with Crippen LogP contribution in [0.25, 0.3) is 17.1 Å². The van der Waals surface area contributed by atoms with E-state index in [0.717, 1.165) is 12.1 Å². The van der Waals surface area contributed by atoms with Crippen molar-refractivity contribution < 1.29 is 31.9 Å². The van der Waals surface area contributed by atoms with Gasteiger partial charge in [0.25, 0.3) is 5.91 Å². The summed E-state index contributed by atoms with van der Waals surface area (Å²) in [5.74, 6) is -4.05. The fraction of sp³-hybridized carbons (Fsp3) is 0.214. The molecule has 1 amide bonds. The zero-order chi connectivity index (χ0) is 29.8. The number of nitrogens with zero attached hydrogens (tertiary/aromatic N) is 5. The van der Waals surface area contributed by atoms with Crippen LogP contribution in [0.3, 0.4) is 0 Å². The second-order valence-electron chi connectivity index (χ2n) is 9.49. The minimum Gasteiger partial charge on any atom is -0.507 e. The molecule has 2 aromatic carbocycles. The number of aliphatic hydroxyl groups excluding tert-OH is 1. The molecule has 0 bridgehead atoms. The van der Waals surface area contributed by atoms with Crippen LogP contribution in [-0.4, -0.2) is 26.7 Å². The van der Waals surface area contributed by atoms with Gasteiger partial charge in [0.15, 0.2) is 0 Å². The van der Waals surface area contributed by atoms with E-state index < -0.39 is 40.6 Å². The molecule has 0 unspecified atom stereocenters. The Bertz CT molecular complexity index is 1950. The predicted molar refractivity (Wildman–Crippen MR) is 138 cm³/mol. The maximum atomic E-state index is 14.2. The van der Waals surface area contributed by atoms with Gasteiger partial charge in [0.2, 0.25) is 5.62 Å². The molecule has 0 spiro atoms. The van der Waals surface area contributed by atoms with Crippen LogP contribution in [0, 0.1) is 23.0 Å². The van der Waals surface area contributed by atoms with Gasteiger partial charge in [0, 0.05) is 30.8 Å². The lowest BCUT2D eigenvalue weighted by Crippen LogP contribution is -2.34. The Morgan fingerprint density at radius 3 is 2.59 bits per heavy atom. The van der Waals surface area contributed by atoms with E-state index in [-0.39, 0.29) is 38.8 Å². The second-order valence-corrected chi connectivity index (χ2v) is 9.90. The second kappa shape index (κ2) is 10.2. The van der Waals surface area contributed by atoms with E-state index in [1.54, 1.807) is 11.6 Å². The molecule has 0 radical (unpaired) electrons. The van der Waals surface area contributed by atoms with Gasteiger partial charge in [-0.2, -0.15) is 18.4 Å². The lowest BCUT2D eigenvalue weighted by atomic mass is 10.0. The Labute approximate surface area is 233 Å². The van der Waals surface area contributed by atoms with Crippen LogP contribution in [0.1, 0.15) is 46.4 Å². The number of halogens is 6. The third-order valence-electron chi connectivity index (χ3n) is 6.84. The highest BCUT2D eigenvalue weighted by atomic mass is 35.5. The molecule has 41 heavy (non-hydrogen) atoms.